The lowest BCUT2D eigenvalue weighted by molar-refractivity contribution is -0.709. The first-order valence-electron chi connectivity index (χ1n) is 7.96. The van der Waals surface area contributed by atoms with Crippen molar-refractivity contribution in [2.24, 2.45) is 0 Å². The van der Waals surface area contributed by atoms with Gasteiger partial charge in [-0.05, 0) is 32.0 Å². The molecule has 6 heteroatoms. The second-order valence-corrected chi connectivity index (χ2v) is 6.01. The fourth-order valence-electron chi connectivity index (χ4n) is 2.75. The summed E-state index contributed by atoms with van der Waals surface area (Å²) in [6.45, 7) is 3.96. The molecular formula is C18H21N4O2+. The van der Waals surface area contributed by atoms with Gasteiger partial charge in [-0.25, -0.2) is 4.79 Å². The summed E-state index contributed by atoms with van der Waals surface area (Å²) in [5.41, 5.74) is 2.98. The molecule has 1 heterocycles. The maximum atomic E-state index is 12.4. The second-order valence-electron chi connectivity index (χ2n) is 6.01. The van der Waals surface area contributed by atoms with Gasteiger partial charge in [0.2, 0.25) is 0 Å². The zero-order valence-corrected chi connectivity index (χ0v) is 13.7. The number of hydrogen-bond acceptors (Lipinski definition) is 2. The van der Waals surface area contributed by atoms with Gasteiger partial charge in [-0.1, -0.05) is 30.3 Å². The average Bonchev–Trinajstić information content (AvgIpc) is 2.94. The minimum Gasteiger partial charge on any atom is -0.330 e. The fourth-order valence-corrected chi connectivity index (χ4v) is 2.75. The Hall–Kier alpha value is -2.86. The number of anilines is 1. The minimum atomic E-state index is -0.258. The van der Waals surface area contributed by atoms with Gasteiger partial charge in [-0.15, -0.1) is 0 Å². The van der Waals surface area contributed by atoms with E-state index in [1.54, 1.807) is 18.2 Å². The Kier molecular flexibility index (Phi) is 4.48. The van der Waals surface area contributed by atoms with Crippen LogP contribution in [0.1, 0.15) is 25.5 Å². The van der Waals surface area contributed by atoms with Crippen LogP contribution in [0.4, 0.5) is 5.69 Å². The number of imidazole rings is 1. The molecule has 1 amide bonds. The van der Waals surface area contributed by atoms with Gasteiger partial charge in [-0.3, -0.25) is 4.79 Å². The molecule has 124 valence electrons. The van der Waals surface area contributed by atoms with Crippen LogP contribution in [0.15, 0.2) is 53.3 Å². The summed E-state index contributed by atoms with van der Waals surface area (Å²) in [5.74, 6) is -0.0741. The van der Waals surface area contributed by atoms with Crippen LogP contribution in [0.2, 0.25) is 0 Å². The molecule has 0 bridgehead atoms. The lowest BCUT2D eigenvalue weighted by Crippen LogP contribution is -2.91. The molecule has 0 unspecified atom stereocenters. The van der Waals surface area contributed by atoms with E-state index in [0.29, 0.717) is 11.2 Å². The normalized spacial score (nSPS) is 13.6. The summed E-state index contributed by atoms with van der Waals surface area (Å²) in [4.78, 5) is 29.0. The third-order valence-electron chi connectivity index (χ3n) is 4.10. The number of rotatable bonds is 5. The van der Waals surface area contributed by atoms with Crippen molar-refractivity contribution in [2.45, 2.75) is 25.9 Å². The molecule has 0 saturated heterocycles. The molecule has 0 saturated carbocycles. The predicted octanol–water partition coefficient (Wildman–Crippen LogP) is 1.51. The van der Waals surface area contributed by atoms with Crippen LogP contribution in [-0.2, 0) is 4.79 Å². The Balaban J connectivity index is 1.65. The van der Waals surface area contributed by atoms with Gasteiger partial charge < -0.3 is 20.6 Å². The van der Waals surface area contributed by atoms with Crippen molar-refractivity contribution in [1.82, 2.24) is 9.97 Å². The number of carbonyl (C=O) groups excluding carboxylic acids is 1. The number of fused-ring (bicyclic) bond motifs is 1. The first-order valence-corrected chi connectivity index (χ1v) is 7.96. The molecule has 0 aliphatic carbocycles. The van der Waals surface area contributed by atoms with Crippen LogP contribution in [0.3, 0.4) is 0 Å². The molecule has 2 atom stereocenters. The smallest absolute Gasteiger partial charge is 0.323 e. The number of nitrogens with two attached hydrogens (primary N) is 1. The number of aromatic amines is 2. The maximum absolute atomic E-state index is 12.4. The van der Waals surface area contributed by atoms with E-state index in [1.807, 2.05) is 30.4 Å². The van der Waals surface area contributed by atoms with Gasteiger partial charge in [-0.2, -0.15) is 0 Å². The van der Waals surface area contributed by atoms with Crippen molar-refractivity contribution in [2.75, 3.05) is 5.32 Å². The molecule has 1 aromatic heterocycles. The van der Waals surface area contributed by atoms with Crippen molar-refractivity contribution >= 4 is 22.6 Å². The standard InChI is InChI=1S/C18H20N4O2/c1-11(13-6-4-3-5-7-13)19-12(2)17(23)20-14-8-9-15-16(10-14)22-18(24)21-15/h3-12,19H,1-2H3,(H,20,23)(H2,21,22,24)/p+1/t11-,12+/m0/s1. The van der Waals surface area contributed by atoms with Gasteiger partial charge in [0.15, 0.2) is 6.04 Å². The zero-order chi connectivity index (χ0) is 17.1. The third kappa shape index (κ3) is 3.55. The summed E-state index contributed by atoms with van der Waals surface area (Å²) in [6.07, 6.45) is 0. The Labute approximate surface area is 139 Å². The molecule has 3 rings (SSSR count). The van der Waals surface area contributed by atoms with E-state index in [0.717, 1.165) is 5.52 Å². The van der Waals surface area contributed by atoms with Gasteiger partial charge >= 0.3 is 5.69 Å². The number of amides is 1. The highest BCUT2D eigenvalue weighted by molar-refractivity contribution is 5.95. The molecule has 6 nitrogen and oxygen atoms in total. The van der Waals surface area contributed by atoms with Crippen molar-refractivity contribution in [3.8, 4) is 0 Å². The number of carbonyl (C=O) groups is 1. The monoisotopic (exact) mass is 325 g/mol. The highest BCUT2D eigenvalue weighted by Gasteiger charge is 2.20. The lowest BCUT2D eigenvalue weighted by atomic mass is 10.1. The molecule has 24 heavy (non-hydrogen) atoms. The van der Waals surface area contributed by atoms with E-state index in [2.05, 4.69) is 34.3 Å². The topological polar surface area (TPSA) is 94.4 Å². The van der Waals surface area contributed by atoms with Crippen molar-refractivity contribution < 1.29 is 10.1 Å². The quantitative estimate of drug-likeness (QED) is 0.572. The van der Waals surface area contributed by atoms with Crippen LogP contribution < -0.4 is 16.3 Å². The van der Waals surface area contributed by atoms with Crippen LogP contribution in [0.25, 0.3) is 11.0 Å². The number of benzene rings is 2. The van der Waals surface area contributed by atoms with E-state index < -0.39 is 0 Å². The Morgan fingerprint density at radius 1 is 1.04 bits per heavy atom. The third-order valence-corrected chi connectivity index (χ3v) is 4.10. The van der Waals surface area contributed by atoms with E-state index in [9.17, 15) is 9.59 Å². The molecule has 0 fully saturated rings. The Bertz CT molecular complexity index is 898. The van der Waals surface area contributed by atoms with Crippen LogP contribution in [0, 0.1) is 0 Å². The minimum absolute atomic E-state index is 0.0741. The Morgan fingerprint density at radius 2 is 1.75 bits per heavy atom. The van der Waals surface area contributed by atoms with Gasteiger partial charge in [0, 0.05) is 11.3 Å². The van der Waals surface area contributed by atoms with Crippen molar-refractivity contribution in [3.63, 3.8) is 0 Å². The van der Waals surface area contributed by atoms with E-state index in [1.165, 1.54) is 5.56 Å². The second kappa shape index (κ2) is 6.72. The summed E-state index contributed by atoms with van der Waals surface area (Å²) in [5, 5.41) is 4.92. The van der Waals surface area contributed by atoms with Gasteiger partial charge in [0.05, 0.1) is 11.0 Å². The lowest BCUT2D eigenvalue weighted by Gasteiger charge is -2.17. The molecule has 3 aromatic rings. The number of H-pyrrole nitrogens is 2. The molecular weight excluding hydrogens is 304 g/mol. The summed E-state index contributed by atoms with van der Waals surface area (Å²) in [6, 6.07) is 15.3. The zero-order valence-electron chi connectivity index (χ0n) is 13.7. The number of hydrogen-bond donors (Lipinski definition) is 4. The average molecular weight is 325 g/mol. The molecule has 0 aliphatic rings. The van der Waals surface area contributed by atoms with Crippen molar-refractivity contribution in [1.29, 1.82) is 0 Å². The summed E-state index contributed by atoms with van der Waals surface area (Å²) < 4.78 is 0. The van der Waals surface area contributed by atoms with Crippen LogP contribution in [0.5, 0.6) is 0 Å². The highest BCUT2D eigenvalue weighted by Crippen LogP contribution is 2.14. The summed E-state index contributed by atoms with van der Waals surface area (Å²) >= 11 is 0. The number of aromatic nitrogens is 2. The molecule has 5 N–H and O–H groups in total. The fraction of sp³-hybridized carbons (Fsp3) is 0.222. The maximum Gasteiger partial charge on any atom is 0.323 e. The number of quaternary nitrogens is 1. The van der Waals surface area contributed by atoms with E-state index in [4.69, 9.17) is 0 Å². The van der Waals surface area contributed by atoms with Gasteiger partial charge in [0.1, 0.15) is 6.04 Å². The largest absolute Gasteiger partial charge is 0.330 e. The number of nitrogens with one attached hydrogen (secondary N) is 3. The van der Waals surface area contributed by atoms with Crippen LogP contribution in [-0.4, -0.2) is 21.9 Å². The first-order chi connectivity index (χ1) is 11.5. The molecule has 2 aromatic carbocycles. The Morgan fingerprint density at radius 3 is 2.50 bits per heavy atom. The highest BCUT2D eigenvalue weighted by atomic mass is 16.2. The van der Waals surface area contributed by atoms with Gasteiger partial charge in [0.25, 0.3) is 5.91 Å². The molecule has 0 spiro atoms. The summed E-state index contributed by atoms with van der Waals surface area (Å²) in [7, 11) is 0. The predicted molar refractivity (Wildman–Crippen MR) is 93.8 cm³/mol. The van der Waals surface area contributed by atoms with Crippen LogP contribution >= 0.6 is 0 Å². The molecule has 0 aliphatic heterocycles. The SMILES string of the molecule is C[C@H]([NH2+][C@H](C)C(=O)Nc1ccc2[nH]c(=O)[nH]c2c1)c1ccccc1. The first kappa shape index (κ1) is 16.0. The van der Waals surface area contributed by atoms with E-state index in [-0.39, 0.29) is 23.7 Å². The van der Waals surface area contributed by atoms with E-state index >= 15 is 0 Å². The molecule has 0 radical (unpaired) electrons. The van der Waals surface area contributed by atoms with Crippen molar-refractivity contribution in [3.05, 3.63) is 64.6 Å².